The summed E-state index contributed by atoms with van der Waals surface area (Å²) in [6.45, 7) is 2.21. The van der Waals surface area contributed by atoms with Gasteiger partial charge >= 0.3 is 0 Å². The molecule has 30 heavy (non-hydrogen) atoms. The summed E-state index contributed by atoms with van der Waals surface area (Å²) in [5, 5.41) is 3.24. The minimum Gasteiger partial charge on any atom is -0.454 e. The molecule has 2 N–H and O–H groups in total. The summed E-state index contributed by atoms with van der Waals surface area (Å²) in [7, 11) is 0. The molecule has 1 aromatic heterocycles. The van der Waals surface area contributed by atoms with Crippen molar-refractivity contribution < 1.29 is 14.3 Å². The predicted molar refractivity (Wildman–Crippen MR) is 113 cm³/mol. The smallest absolute Gasteiger partial charge is 0.257 e. The topological polar surface area (TPSA) is 93.3 Å². The van der Waals surface area contributed by atoms with Crippen LogP contribution in [-0.4, -0.2) is 22.7 Å². The second-order valence-corrected chi connectivity index (χ2v) is 8.29. The number of amides is 1. The number of aryl methyl sites for hydroxylation is 1. The average molecular weight is 421 g/mol. The number of nitrogens with zero attached hydrogens (tertiary/aromatic N) is 1. The number of anilines is 1. The molecule has 1 amide bonds. The number of H-pyrrole nitrogens is 1. The van der Waals surface area contributed by atoms with E-state index in [0.29, 0.717) is 33.8 Å². The van der Waals surface area contributed by atoms with Gasteiger partial charge in [0.25, 0.3) is 5.56 Å². The van der Waals surface area contributed by atoms with E-state index < -0.39 is 5.92 Å². The summed E-state index contributed by atoms with van der Waals surface area (Å²) in [6.07, 6.45) is 0.174. The molecule has 1 atom stereocenters. The lowest BCUT2D eigenvalue weighted by molar-refractivity contribution is -0.116. The molecule has 152 valence electrons. The van der Waals surface area contributed by atoms with Gasteiger partial charge in [0.15, 0.2) is 16.7 Å². The van der Waals surface area contributed by atoms with Crippen LogP contribution in [0.15, 0.2) is 52.4 Å². The maximum atomic E-state index is 13.0. The average Bonchev–Trinajstić information content (AvgIpc) is 3.19. The molecule has 3 aromatic rings. The first kappa shape index (κ1) is 18.7. The Bertz CT molecular complexity index is 1210. The van der Waals surface area contributed by atoms with E-state index in [4.69, 9.17) is 9.47 Å². The number of hydrogen-bond acceptors (Lipinski definition) is 6. The van der Waals surface area contributed by atoms with Crippen molar-refractivity contribution in [3.63, 3.8) is 0 Å². The first-order valence-electron chi connectivity index (χ1n) is 9.59. The highest BCUT2D eigenvalue weighted by molar-refractivity contribution is 7.98. The summed E-state index contributed by atoms with van der Waals surface area (Å²) < 4.78 is 10.8. The van der Waals surface area contributed by atoms with E-state index in [1.54, 1.807) is 6.07 Å². The number of aromatic amines is 1. The number of ether oxygens (including phenoxy) is 2. The first-order valence-corrected chi connectivity index (χ1v) is 10.6. The van der Waals surface area contributed by atoms with Gasteiger partial charge in [0, 0.05) is 18.1 Å². The van der Waals surface area contributed by atoms with Gasteiger partial charge in [0.2, 0.25) is 12.7 Å². The third-order valence-electron chi connectivity index (χ3n) is 5.19. The minimum atomic E-state index is -0.393. The molecule has 0 saturated heterocycles. The molecule has 0 bridgehead atoms. The van der Waals surface area contributed by atoms with Gasteiger partial charge < -0.3 is 19.8 Å². The summed E-state index contributed by atoms with van der Waals surface area (Å²) in [5.74, 6) is 1.71. The molecular formula is C22H19N3O4S. The Morgan fingerprint density at radius 2 is 2.00 bits per heavy atom. The zero-order valence-corrected chi connectivity index (χ0v) is 17.0. The quantitative estimate of drug-likeness (QED) is 0.494. The molecule has 7 nitrogen and oxygen atoms in total. The Kier molecular flexibility index (Phi) is 4.71. The van der Waals surface area contributed by atoms with Gasteiger partial charge in [0.05, 0.1) is 5.56 Å². The van der Waals surface area contributed by atoms with Crippen LogP contribution in [0.25, 0.3) is 0 Å². The van der Waals surface area contributed by atoms with E-state index in [9.17, 15) is 9.59 Å². The lowest BCUT2D eigenvalue weighted by Gasteiger charge is -2.24. The molecule has 1 unspecified atom stereocenters. The molecule has 2 aliphatic heterocycles. The molecule has 3 heterocycles. The van der Waals surface area contributed by atoms with Gasteiger partial charge in [-0.3, -0.25) is 9.59 Å². The molecule has 8 heteroatoms. The second-order valence-electron chi connectivity index (χ2n) is 7.33. The molecule has 5 rings (SSSR count). The Hall–Kier alpha value is -3.26. The maximum absolute atomic E-state index is 13.0. The first-order chi connectivity index (χ1) is 14.6. The van der Waals surface area contributed by atoms with E-state index in [0.717, 1.165) is 11.1 Å². The molecule has 0 aliphatic carbocycles. The van der Waals surface area contributed by atoms with Crippen molar-refractivity contribution in [3.8, 4) is 11.5 Å². The molecule has 0 saturated carbocycles. The highest BCUT2D eigenvalue weighted by Gasteiger charge is 2.32. The van der Waals surface area contributed by atoms with E-state index in [1.807, 2.05) is 37.3 Å². The predicted octanol–water partition coefficient (Wildman–Crippen LogP) is 3.57. The van der Waals surface area contributed by atoms with Crippen molar-refractivity contribution in [2.24, 2.45) is 0 Å². The van der Waals surface area contributed by atoms with Crippen molar-refractivity contribution in [3.05, 3.63) is 75.1 Å². The fourth-order valence-corrected chi connectivity index (χ4v) is 4.59. The Balaban J connectivity index is 1.46. The standard InChI is InChI=1S/C22H19N3O4S/c1-12-3-2-4-13(7-12)10-30-22-24-20-19(21(27)25-22)15(9-18(26)23-20)14-5-6-16-17(8-14)29-11-28-16/h2-8,15H,9-11H2,1H3,(H2,23,24,25,26,27). The maximum Gasteiger partial charge on any atom is 0.257 e. The molecule has 2 aromatic carbocycles. The van der Waals surface area contributed by atoms with Crippen molar-refractivity contribution in [1.29, 1.82) is 0 Å². The van der Waals surface area contributed by atoms with Gasteiger partial charge in [-0.1, -0.05) is 47.7 Å². The van der Waals surface area contributed by atoms with Gasteiger partial charge in [-0.2, -0.15) is 0 Å². The number of rotatable bonds is 4. The highest BCUT2D eigenvalue weighted by atomic mass is 32.2. The van der Waals surface area contributed by atoms with Crippen LogP contribution in [0.3, 0.4) is 0 Å². The van der Waals surface area contributed by atoms with Gasteiger partial charge in [-0.25, -0.2) is 4.98 Å². The van der Waals surface area contributed by atoms with Crippen LogP contribution in [-0.2, 0) is 10.5 Å². The van der Waals surface area contributed by atoms with E-state index in [2.05, 4.69) is 21.4 Å². The number of hydrogen-bond donors (Lipinski definition) is 2. The van der Waals surface area contributed by atoms with Crippen LogP contribution in [0.4, 0.5) is 5.82 Å². The van der Waals surface area contributed by atoms with Crippen molar-refractivity contribution >= 4 is 23.5 Å². The summed E-state index contributed by atoms with van der Waals surface area (Å²) >= 11 is 1.43. The van der Waals surface area contributed by atoms with Crippen LogP contribution in [0.1, 0.15) is 34.6 Å². The monoisotopic (exact) mass is 421 g/mol. The van der Waals surface area contributed by atoms with Crippen molar-refractivity contribution in [1.82, 2.24) is 9.97 Å². The summed E-state index contributed by atoms with van der Waals surface area (Å²) in [5.41, 5.74) is 3.37. The summed E-state index contributed by atoms with van der Waals surface area (Å²) in [6, 6.07) is 13.7. The fraction of sp³-hybridized carbons (Fsp3) is 0.227. The number of thioether (sulfide) groups is 1. The SMILES string of the molecule is Cc1cccc(CSc2nc3c(c(=O)[nH]2)C(c2ccc4c(c2)OCO4)CC(=O)N3)c1. The number of fused-ring (bicyclic) bond motifs is 2. The Labute approximate surface area is 176 Å². The molecular weight excluding hydrogens is 402 g/mol. The van der Waals surface area contributed by atoms with Crippen LogP contribution in [0.5, 0.6) is 11.5 Å². The number of carbonyl (C=O) groups is 1. The molecule has 0 spiro atoms. The number of aromatic nitrogens is 2. The highest BCUT2D eigenvalue weighted by Crippen LogP contribution is 2.40. The van der Waals surface area contributed by atoms with E-state index in [1.165, 1.54) is 17.3 Å². The van der Waals surface area contributed by atoms with Crippen LogP contribution in [0, 0.1) is 6.92 Å². The van der Waals surface area contributed by atoms with Crippen LogP contribution in [0.2, 0.25) is 0 Å². The normalized spacial score (nSPS) is 16.8. The molecule has 2 aliphatic rings. The largest absolute Gasteiger partial charge is 0.454 e. The van der Waals surface area contributed by atoms with Crippen molar-refractivity contribution in [2.75, 3.05) is 12.1 Å². The third-order valence-corrected chi connectivity index (χ3v) is 6.13. The van der Waals surface area contributed by atoms with Crippen LogP contribution < -0.4 is 20.3 Å². The molecule has 0 fully saturated rings. The Morgan fingerprint density at radius 1 is 1.13 bits per heavy atom. The fourth-order valence-electron chi connectivity index (χ4n) is 3.79. The van der Waals surface area contributed by atoms with Crippen LogP contribution >= 0.6 is 11.8 Å². The van der Waals surface area contributed by atoms with E-state index >= 15 is 0 Å². The lowest BCUT2D eigenvalue weighted by Crippen LogP contribution is -2.31. The minimum absolute atomic E-state index is 0.169. The Morgan fingerprint density at radius 3 is 2.87 bits per heavy atom. The third kappa shape index (κ3) is 3.54. The number of nitrogens with one attached hydrogen (secondary N) is 2. The van der Waals surface area contributed by atoms with Crippen molar-refractivity contribution in [2.45, 2.75) is 30.2 Å². The summed E-state index contributed by atoms with van der Waals surface area (Å²) in [4.78, 5) is 32.7. The lowest BCUT2D eigenvalue weighted by atomic mass is 9.86. The van der Waals surface area contributed by atoms with Gasteiger partial charge in [-0.15, -0.1) is 0 Å². The van der Waals surface area contributed by atoms with Gasteiger partial charge in [-0.05, 0) is 30.2 Å². The van der Waals surface area contributed by atoms with E-state index in [-0.39, 0.29) is 24.7 Å². The number of benzene rings is 2. The second kappa shape index (κ2) is 7.53. The van der Waals surface area contributed by atoms with Gasteiger partial charge in [0.1, 0.15) is 5.82 Å². The number of carbonyl (C=O) groups excluding carboxylic acids is 1. The molecule has 0 radical (unpaired) electrons. The zero-order valence-electron chi connectivity index (χ0n) is 16.2. The zero-order chi connectivity index (χ0) is 20.7.